The molecule has 18 heavy (non-hydrogen) atoms. The predicted molar refractivity (Wildman–Crippen MR) is 72.3 cm³/mol. The number of para-hydroxylation sites is 1. The van der Waals surface area contributed by atoms with E-state index in [-0.39, 0.29) is 12.1 Å². The summed E-state index contributed by atoms with van der Waals surface area (Å²) in [6, 6.07) is 10.2. The number of nitrogens with one attached hydrogen (secondary N) is 1. The molecule has 3 nitrogen and oxygen atoms in total. The smallest absolute Gasteiger partial charge is 0.0705 e. The predicted octanol–water partition coefficient (Wildman–Crippen LogP) is 2.24. The monoisotopic (exact) mass is 242 g/mol. The second-order valence-corrected chi connectivity index (χ2v) is 5.13. The van der Waals surface area contributed by atoms with Gasteiger partial charge >= 0.3 is 0 Å². The van der Waals surface area contributed by atoms with Crippen molar-refractivity contribution in [3.63, 3.8) is 0 Å². The van der Waals surface area contributed by atoms with Crippen LogP contribution in [0.4, 0.5) is 0 Å². The summed E-state index contributed by atoms with van der Waals surface area (Å²) in [5.74, 6) is 0. The van der Waals surface area contributed by atoms with E-state index in [1.807, 2.05) is 24.4 Å². The van der Waals surface area contributed by atoms with Crippen LogP contribution in [0.15, 0.2) is 36.5 Å². The summed E-state index contributed by atoms with van der Waals surface area (Å²) >= 11 is 0. The fraction of sp³-hybridized carbons (Fsp3) is 0.400. The van der Waals surface area contributed by atoms with Crippen molar-refractivity contribution in [1.82, 2.24) is 10.3 Å². The van der Waals surface area contributed by atoms with E-state index in [1.165, 1.54) is 17.4 Å². The van der Waals surface area contributed by atoms with Gasteiger partial charge < -0.3 is 10.4 Å². The molecule has 0 bridgehead atoms. The van der Waals surface area contributed by atoms with Crippen LogP contribution in [0.1, 0.15) is 24.8 Å². The third-order valence-electron chi connectivity index (χ3n) is 4.01. The number of rotatable bonds is 4. The van der Waals surface area contributed by atoms with Crippen molar-refractivity contribution >= 4 is 10.9 Å². The summed E-state index contributed by atoms with van der Waals surface area (Å²) in [6.45, 7) is 1.03. The average Bonchev–Trinajstić information content (AvgIpc) is 2.38. The summed E-state index contributed by atoms with van der Waals surface area (Å²) < 4.78 is 0. The molecule has 0 saturated heterocycles. The van der Waals surface area contributed by atoms with Crippen LogP contribution >= 0.6 is 0 Å². The molecule has 1 aromatic heterocycles. The maximum Gasteiger partial charge on any atom is 0.0705 e. The van der Waals surface area contributed by atoms with Crippen LogP contribution in [-0.2, 0) is 6.54 Å². The highest BCUT2D eigenvalue weighted by Gasteiger charge is 2.35. The molecule has 0 spiro atoms. The van der Waals surface area contributed by atoms with E-state index < -0.39 is 0 Å². The molecule has 1 heterocycles. The van der Waals surface area contributed by atoms with Crippen molar-refractivity contribution in [2.75, 3.05) is 6.61 Å². The highest BCUT2D eigenvalue weighted by atomic mass is 16.3. The number of hydrogen-bond acceptors (Lipinski definition) is 3. The highest BCUT2D eigenvalue weighted by molar-refractivity contribution is 5.81. The number of aliphatic hydroxyl groups is 1. The van der Waals surface area contributed by atoms with Gasteiger partial charge in [0.1, 0.15) is 0 Å². The quantitative estimate of drug-likeness (QED) is 0.864. The molecule has 3 rings (SSSR count). The molecule has 1 aliphatic carbocycles. The van der Waals surface area contributed by atoms with Crippen LogP contribution in [0.3, 0.4) is 0 Å². The molecule has 94 valence electrons. The molecule has 1 fully saturated rings. The first-order valence-corrected chi connectivity index (χ1v) is 6.52. The van der Waals surface area contributed by atoms with Gasteiger partial charge in [0.25, 0.3) is 0 Å². The Hall–Kier alpha value is -1.45. The lowest BCUT2D eigenvalue weighted by atomic mass is 9.77. The van der Waals surface area contributed by atoms with Gasteiger partial charge in [0.05, 0.1) is 12.1 Å². The van der Waals surface area contributed by atoms with E-state index in [2.05, 4.69) is 22.4 Å². The summed E-state index contributed by atoms with van der Waals surface area (Å²) in [5.41, 5.74) is 2.24. The maximum atomic E-state index is 9.45. The van der Waals surface area contributed by atoms with Crippen molar-refractivity contribution in [3.8, 4) is 0 Å². The van der Waals surface area contributed by atoms with E-state index in [0.29, 0.717) is 0 Å². The Balaban J connectivity index is 1.82. The van der Waals surface area contributed by atoms with Gasteiger partial charge in [-0.2, -0.15) is 0 Å². The molecule has 1 aliphatic rings. The molecule has 0 radical (unpaired) electrons. The molecule has 0 atom stereocenters. The Morgan fingerprint density at radius 2 is 2.06 bits per heavy atom. The van der Waals surface area contributed by atoms with E-state index in [1.54, 1.807) is 0 Å². The number of fused-ring (bicyclic) bond motifs is 1. The Bertz CT molecular complexity index is 538. The topological polar surface area (TPSA) is 45.1 Å². The zero-order chi connectivity index (χ0) is 12.4. The summed E-state index contributed by atoms with van der Waals surface area (Å²) in [4.78, 5) is 4.36. The Kier molecular flexibility index (Phi) is 3.02. The Labute approximate surface area is 107 Å². The van der Waals surface area contributed by atoms with Crippen molar-refractivity contribution in [2.24, 2.45) is 0 Å². The van der Waals surface area contributed by atoms with E-state index in [9.17, 15) is 5.11 Å². The van der Waals surface area contributed by atoms with Gasteiger partial charge in [-0.3, -0.25) is 4.98 Å². The molecule has 2 aromatic rings. The van der Waals surface area contributed by atoms with E-state index >= 15 is 0 Å². The molecule has 0 aliphatic heterocycles. The van der Waals surface area contributed by atoms with Gasteiger partial charge in [-0.1, -0.05) is 18.2 Å². The van der Waals surface area contributed by atoms with Gasteiger partial charge in [0.15, 0.2) is 0 Å². The summed E-state index contributed by atoms with van der Waals surface area (Å²) in [6.07, 6.45) is 5.22. The summed E-state index contributed by atoms with van der Waals surface area (Å²) in [7, 11) is 0. The van der Waals surface area contributed by atoms with Crippen LogP contribution < -0.4 is 5.32 Å². The van der Waals surface area contributed by atoms with Crippen LogP contribution in [0.2, 0.25) is 0 Å². The van der Waals surface area contributed by atoms with Gasteiger partial charge in [0.2, 0.25) is 0 Å². The third kappa shape index (κ3) is 2.00. The Morgan fingerprint density at radius 3 is 2.78 bits per heavy atom. The van der Waals surface area contributed by atoms with Crippen molar-refractivity contribution < 1.29 is 5.11 Å². The molecule has 3 heteroatoms. The van der Waals surface area contributed by atoms with Crippen molar-refractivity contribution in [3.05, 3.63) is 42.1 Å². The highest BCUT2D eigenvalue weighted by Crippen LogP contribution is 2.31. The molecular weight excluding hydrogens is 224 g/mol. The van der Waals surface area contributed by atoms with Crippen LogP contribution in [0.25, 0.3) is 10.9 Å². The number of pyridine rings is 1. The first-order valence-electron chi connectivity index (χ1n) is 6.52. The lowest BCUT2D eigenvalue weighted by molar-refractivity contribution is 0.0873. The third-order valence-corrected chi connectivity index (χ3v) is 4.01. The molecule has 0 unspecified atom stereocenters. The molecule has 2 N–H and O–H groups in total. The fourth-order valence-corrected chi connectivity index (χ4v) is 2.59. The minimum Gasteiger partial charge on any atom is -0.394 e. The molecule has 0 amide bonds. The van der Waals surface area contributed by atoms with Crippen molar-refractivity contribution in [1.29, 1.82) is 0 Å². The summed E-state index contributed by atoms with van der Waals surface area (Å²) in [5, 5.41) is 14.2. The van der Waals surface area contributed by atoms with Crippen LogP contribution in [0, 0.1) is 0 Å². The number of hydrogen-bond donors (Lipinski definition) is 2. The standard InChI is InChI=1S/C15H18N2O/c18-11-15(7-3-8-15)17-10-12-6-9-16-14-5-2-1-4-13(12)14/h1-2,4-6,9,17-18H,3,7-8,10-11H2. The molecule has 1 aromatic carbocycles. The fourth-order valence-electron chi connectivity index (χ4n) is 2.59. The number of benzene rings is 1. The first-order chi connectivity index (χ1) is 8.83. The normalized spacial score (nSPS) is 17.6. The van der Waals surface area contributed by atoms with Crippen molar-refractivity contribution in [2.45, 2.75) is 31.3 Å². The zero-order valence-electron chi connectivity index (χ0n) is 10.4. The second-order valence-electron chi connectivity index (χ2n) is 5.13. The van der Waals surface area contributed by atoms with E-state index in [4.69, 9.17) is 0 Å². The largest absolute Gasteiger partial charge is 0.394 e. The number of aromatic nitrogens is 1. The van der Waals surface area contributed by atoms with Gasteiger partial charge in [-0.05, 0) is 37.0 Å². The maximum absolute atomic E-state index is 9.45. The zero-order valence-corrected chi connectivity index (χ0v) is 10.4. The lowest BCUT2D eigenvalue weighted by Crippen LogP contribution is -2.53. The van der Waals surface area contributed by atoms with E-state index in [0.717, 1.165) is 24.9 Å². The SMILES string of the molecule is OCC1(NCc2ccnc3ccccc23)CCC1. The number of aliphatic hydroxyl groups excluding tert-OH is 1. The average molecular weight is 242 g/mol. The lowest BCUT2D eigenvalue weighted by Gasteiger charge is -2.41. The van der Waals surface area contributed by atoms with Crippen LogP contribution in [0.5, 0.6) is 0 Å². The minimum atomic E-state index is -0.0373. The van der Waals surface area contributed by atoms with Gasteiger partial charge in [-0.25, -0.2) is 0 Å². The number of nitrogens with zero attached hydrogens (tertiary/aromatic N) is 1. The van der Waals surface area contributed by atoms with Crippen LogP contribution in [-0.4, -0.2) is 22.2 Å². The molecule has 1 saturated carbocycles. The second kappa shape index (κ2) is 4.67. The minimum absolute atomic E-state index is 0.0373. The first kappa shape index (κ1) is 11.6. The molecular formula is C15H18N2O. The van der Waals surface area contributed by atoms with Gasteiger partial charge in [-0.15, -0.1) is 0 Å². The van der Waals surface area contributed by atoms with Gasteiger partial charge in [0, 0.05) is 23.7 Å². The Morgan fingerprint density at radius 1 is 1.22 bits per heavy atom.